The summed E-state index contributed by atoms with van der Waals surface area (Å²) in [6, 6.07) is 0.450. The second-order valence-electron chi connectivity index (χ2n) is 4.24. The fourth-order valence-electron chi connectivity index (χ4n) is 1.78. The largest absolute Gasteiger partial charge is 0.337 e. The lowest BCUT2D eigenvalue weighted by Gasteiger charge is -2.26. The predicted molar refractivity (Wildman–Crippen MR) is 75.1 cm³/mol. The maximum Gasteiger partial charge on any atom is 0.122 e. The molecule has 1 aromatic heterocycles. The Kier molecular flexibility index (Phi) is 6.62. The molecular weight excluding hydrogens is 232 g/mol. The number of imidazole rings is 1. The molecule has 1 heterocycles. The molecule has 0 aromatic carbocycles. The highest BCUT2D eigenvalue weighted by atomic mass is 32.2. The molecule has 0 spiro atoms. The summed E-state index contributed by atoms with van der Waals surface area (Å²) in [5.41, 5.74) is 5.84. The van der Waals surface area contributed by atoms with Gasteiger partial charge in [-0.25, -0.2) is 4.98 Å². The number of likely N-dealkylation sites (N-methyl/N-ethyl adjacent to an activating group) is 1. The zero-order chi connectivity index (χ0) is 12.7. The third-order valence-electron chi connectivity index (χ3n) is 3.01. The van der Waals surface area contributed by atoms with Crippen LogP contribution in [0, 0.1) is 0 Å². The van der Waals surface area contributed by atoms with Gasteiger partial charge in [-0.3, -0.25) is 4.90 Å². The van der Waals surface area contributed by atoms with E-state index in [2.05, 4.69) is 28.4 Å². The van der Waals surface area contributed by atoms with E-state index < -0.39 is 0 Å². The molecule has 1 aromatic rings. The molecular formula is C12H24N4S. The van der Waals surface area contributed by atoms with Gasteiger partial charge < -0.3 is 10.3 Å². The van der Waals surface area contributed by atoms with Gasteiger partial charge in [0.05, 0.1) is 6.54 Å². The van der Waals surface area contributed by atoms with Crippen LogP contribution in [0.2, 0.25) is 0 Å². The minimum Gasteiger partial charge on any atom is -0.337 e. The van der Waals surface area contributed by atoms with E-state index in [-0.39, 0.29) is 0 Å². The van der Waals surface area contributed by atoms with Crippen LogP contribution in [0.1, 0.15) is 19.2 Å². The normalized spacial score (nSPS) is 13.2. The maximum atomic E-state index is 5.84. The molecule has 0 amide bonds. The Labute approximate surface area is 109 Å². The third kappa shape index (κ3) is 4.69. The lowest BCUT2D eigenvalue weighted by atomic mass is 10.2. The smallest absolute Gasteiger partial charge is 0.122 e. The average Bonchev–Trinajstić information content (AvgIpc) is 2.70. The first-order valence-corrected chi connectivity index (χ1v) is 7.28. The first-order chi connectivity index (χ1) is 8.19. The SMILES string of the molecule is CCSCCC(CN)N(C)Cc1nccn1C. The molecule has 1 rings (SSSR count). The van der Waals surface area contributed by atoms with Crippen molar-refractivity contribution in [3.05, 3.63) is 18.2 Å². The monoisotopic (exact) mass is 256 g/mol. The van der Waals surface area contributed by atoms with Gasteiger partial charge in [-0.15, -0.1) is 0 Å². The van der Waals surface area contributed by atoms with E-state index in [1.165, 1.54) is 11.5 Å². The second-order valence-corrected chi connectivity index (χ2v) is 5.64. The first-order valence-electron chi connectivity index (χ1n) is 6.13. The van der Waals surface area contributed by atoms with E-state index in [1.54, 1.807) is 0 Å². The number of aromatic nitrogens is 2. The van der Waals surface area contributed by atoms with Crippen LogP contribution in [0.3, 0.4) is 0 Å². The van der Waals surface area contributed by atoms with Crippen molar-refractivity contribution in [2.75, 3.05) is 25.1 Å². The molecule has 17 heavy (non-hydrogen) atoms. The van der Waals surface area contributed by atoms with Crippen molar-refractivity contribution in [1.82, 2.24) is 14.5 Å². The molecule has 0 aliphatic heterocycles. The summed E-state index contributed by atoms with van der Waals surface area (Å²) in [6.45, 7) is 3.77. The molecule has 0 aliphatic carbocycles. The van der Waals surface area contributed by atoms with Gasteiger partial charge in [0.2, 0.25) is 0 Å². The fraction of sp³-hybridized carbons (Fsp3) is 0.750. The standard InChI is InChI=1S/C12H24N4S/c1-4-17-8-5-11(9-13)16(3)10-12-14-6-7-15(12)2/h6-7,11H,4-5,8-10,13H2,1-3H3. The van der Waals surface area contributed by atoms with E-state index in [0.717, 1.165) is 18.8 Å². The molecule has 0 saturated carbocycles. The van der Waals surface area contributed by atoms with E-state index in [0.29, 0.717) is 12.6 Å². The van der Waals surface area contributed by atoms with Crippen LogP contribution in [0.5, 0.6) is 0 Å². The van der Waals surface area contributed by atoms with Crippen molar-refractivity contribution in [1.29, 1.82) is 0 Å². The summed E-state index contributed by atoms with van der Waals surface area (Å²) in [5, 5.41) is 0. The predicted octanol–water partition coefficient (Wildman–Crippen LogP) is 1.32. The van der Waals surface area contributed by atoms with Crippen LogP contribution in [-0.4, -0.2) is 45.6 Å². The third-order valence-corrected chi connectivity index (χ3v) is 3.94. The minimum atomic E-state index is 0.450. The molecule has 0 bridgehead atoms. The van der Waals surface area contributed by atoms with Crippen molar-refractivity contribution in [3.8, 4) is 0 Å². The Balaban J connectivity index is 2.43. The average molecular weight is 256 g/mol. The van der Waals surface area contributed by atoms with Crippen molar-refractivity contribution in [3.63, 3.8) is 0 Å². The van der Waals surface area contributed by atoms with Crippen LogP contribution in [-0.2, 0) is 13.6 Å². The Morgan fingerprint density at radius 2 is 2.35 bits per heavy atom. The molecule has 5 heteroatoms. The molecule has 0 aliphatic rings. The Morgan fingerprint density at radius 3 is 2.88 bits per heavy atom. The summed E-state index contributed by atoms with van der Waals surface area (Å²) in [5.74, 6) is 3.46. The highest BCUT2D eigenvalue weighted by Gasteiger charge is 2.14. The van der Waals surface area contributed by atoms with Crippen LogP contribution in [0.25, 0.3) is 0 Å². The molecule has 0 saturated heterocycles. The topological polar surface area (TPSA) is 47.1 Å². The summed E-state index contributed by atoms with van der Waals surface area (Å²) in [7, 11) is 4.16. The Hall–Kier alpha value is -0.520. The van der Waals surface area contributed by atoms with Gasteiger partial charge in [-0.05, 0) is 25.0 Å². The van der Waals surface area contributed by atoms with Gasteiger partial charge in [0.1, 0.15) is 5.82 Å². The van der Waals surface area contributed by atoms with Gasteiger partial charge >= 0.3 is 0 Å². The molecule has 2 N–H and O–H groups in total. The maximum absolute atomic E-state index is 5.84. The quantitative estimate of drug-likeness (QED) is 0.713. The van der Waals surface area contributed by atoms with Crippen molar-refractivity contribution in [2.24, 2.45) is 12.8 Å². The molecule has 1 unspecified atom stereocenters. The first kappa shape index (κ1) is 14.5. The minimum absolute atomic E-state index is 0.450. The van der Waals surface area contributed by atoms with Gasteiger partial charge in [0.15, 0.2) is 0 Å². The zero-order valence-corrected chi connectivity index (χ0v) is 11.9. The summed E-state index contributed by atoms with van der Waals surface area (Å²) in [4.78, 5) is 6.65. The molecule has 4 nitrogen and oxygen atoms in total. The highest BCUT2D eigenvalue weighted by molar-refractivity contribution is 7.99. The fourth-order valence-corrected chi connectivity index (χ4v) is 2.51. The van der Waals surface area contributed by atoms with Crippen molar-refractivity contribution < 1.29 is 0 Å². The summed E-state index contributed by atoms with van der Waals surface area (Å²) < 4.78 is 2.06. The Bertz CT molecular complexity index is 313. The van der Waals surface area contributed by atoms with Gasteiger partial charge in [-0.2, -0.15) is 11.8 Å². The van der Waals surface area contributed by atoms with Crippen LogP contribution in [0.15, 0.2) is 12.4 Å². The molecule has 1 atom stereocenters. The van der Waals surface area contributed by atoms with E-state index in [9.17, 15) is 0 Å². The number of nitrogens with two attached hydrogens (primary N) is 1. The van der Waals surface area contributed by atoms with Gasteiger partial charge in [0, 0.05) is 32.0 Å². The number of nitrogens with zero attached hydrogens (tertiary/aromatic N) is 3. The van der Waals surface area contributed by atoms with Crippen LogP contribution in [0.4, 0.5) is 0 Å². The van der Waals surface area contributed by atoms with Crippen LogP contribution >= 0.6 is 11.8 Å². The number of hydrogen-bond donors (Lipinski definition) is 1. The van der Waals surface area contributed by atoms with Gasteiger partial charge in [-0.1, -0.05) is 6.92 Å². The van der Waals surface area contributed by atoms with E-state index in [4.69, 9.17) is 5.73 Å². The number of thioether (sulfide) groups is 1. The number of hydrogen-bond acceptors (Lipinski definition) is 4. The number of rotatable bonds is 8. The molecule has 0 radical (unpaired) electrons. The zero-order valence-electron chi connectivity index (χ0n) is 11.1. The summed E-state index contributed by atoms with van der Waals surface area (Å²) >= 11 is 1.98. The number of aryl methyl sites for hydroxylation is 1. The molecule has 0 fully saturated rings. The highest BCUT2D eigenvalue weighted by Crippen LogP contribution is 2.10. The molecule has 98 valence electrons. The van der Waals surface area contributed by atoms with Gasteiger partial charge in [0.25, 0.3) is 0 Å². The van der Waals surface area contributed by atoms with Crippen molar-refractivity contribution >= 4 is 11.8 Å². The van der Waals surface area contributed by atoms with Crippen LogP contribution < -0.4 is 5.73 Å². The Morgan fingerprint density at radius 1 is 1.59 bits per heavy atom. The second kappa shape index (κ2) is 7.74. The lowest BCUT2D eigenvalue weighted by molar-refractivity contribution is 0.226. The lowest BCUT2D eigenvalue weighted by Crippen LogP contribution is -2.38. The summed E-state index contributed by atoms with van der Waals surface area (Å²) in [6.07, 6.45) is 4.97. The van der Waals surface area contributed by atoms with Crippen molar-refractivity contribution in [2.45, 2.75) is 25.9 Å². The van der Waals surface area contributed by atoms with E-state index in [1.807, 2.05) is 31.2 Å². The van der Waals surface area contributed by atoms with E-state index >= 15 is 0 Å².